The van der Waals surface area contributed by atoms with Crippen molar-refractivity contribution in [1.82, 2.24) is 10.2 Å². The first kappa shape index (κ1) is 17.3. The van der Waals surface area contributed by atoms with E-state index in [-0.39, 0.29) is 24.0 Å². The summed E-state index contributed by atoms with van der Waals surface area (Å²) in [5.41, 5.74) is 1.05. The number of nitrogens with one attached hydrogen (secondary N) is 1. The van der Waals surface area contributed by atoms with E-state index in [1.54, 1.807) is 4.90 Å². The van der Waals surface area contributed by atoms with Crippen molar-refractivity contribution in [2.45, 2.75) is 45.7 Å². The molecule has 5 heteroatoms. The van der Waals surface area contributed by atoms with Crippen LogP contribution in [0.5, 0.6) is 0 Å². The van der Waals surface area contributed by atoms with E-state index in [0.717, 1.165) is 12.0 Å². The molecule has 2 amide bonds. The van der Waals surface area contributed by atoms with Gasteiger partial charge in [0.15, 0.2) is 0 Å². The van der Waals surface area contributed by atoms with Crippen molar-refractivity contribution in [2.75, 3.05) is 13.2 Å². The van der Waals surface area contributed by atoms with Gasteiger partial charge in [-0.05, 0) is 31.2 Å². The van der Waals surface area contributed by atoms with Crippen LogP contribution < -0.4 is 5.32 Å². The largest absolute Gasteiger partial charge is 0.449 e. The lowest BCUT2D eigenvalue weighted by molar-refractivity contribution is -0.125. The third kappa shape index (κ3) is 4.71. The van der Waals surface area contributed by atoms with Gasteiger partial charge in [-0.25, -0.2) is 4.79 Å². The second-order valence-corrected chi connectivity index (χ2v) is 6.46. The Morgan fingerprint density at radius 1 is 1.26 bits per heavy atom. The van der Waals surface area contributed by atoms with Crippen LogP contribution in [0.4, 0.5) is 4.79 Å². The van der Waals surface area contributed by atoms with E-state index in [1.165, 1.54) is 0 Å². The number of ether oxygens (including phenoxy) is 1. The normalized spacial score (nSPS) is 18.8. The van der Waals surface area contributed by atoms with Gasteiger partial charge in [-0.3, -0.25) is 9.69 Å². The van der Waals surface area contributed by atoms with Crippen LogP contribution in [0.3, 0.4) is 0 Å². The van der Waals surface area contributed by atoms with Crippen molar-refractivity contribution >= 4 is 12.0 Å². The standard InChI is InChI=1S/C18H26N2O3/c1-13(2)12-23-18(22)20-11-7-10-16(20)17(21)19-14(3)15-8-5-4-6-9-15/h4-6,8-9,13-14,16H,7,10-12H2,1-3H3,(H,19,21)/t14-,16+/m1/s1. The van der Waals surface area contributed by atoms with Crippen molar-refractivity contribution in [2.24, 2.45) is 5.92 Å². The Morgan fingerprint density at radius 3 is 2.61 bits per heavy atom. The zero-order chi connectivity index (χ0) is 16.8. The Balaban J connectivity index is 1.93. The number of carbonyl (C=O) groups is 2. The minimum absolute atomic E-state index is 0.0853. The van der Waals surface area contributed by atoms with Gasteiger partial charge in [0.25, 0.3) is 0 Å². The van der Waals surface area contributed by atoms with Crippen LogP contribution in [0.1, 0.15) is 45.2 Å². The summed E-state index contributed by atoms with van der Waals surface area (Å²) in [6.45, 7) is 6.88. The molecular formula is C18H26N2O3. The minimum Gasteiger partial charge on any atom is -0.449 e. The van der Waals surface area contributed by atoms with Crippen molar-refractivity contribution in [3.63, 3.8) is 0 Å². The van der Waals surface area contributed by atoms with Crippen molar-refractivity contribution in [3.05, 3.63) is 35.9 Å². The van der Waals surface area contributed by atoms with E-state index in [4.69, 9.17) is 4.74 Å². The molecule has 1 heterocycles. The molecule has 1 fully saturated rings. The maximum atomic E-state index is 12.5. The third-order valence-corrected chi connectivity index (χ3v) is 3.99. The van der Waals surface area contributed by atoms with Crippen molar-refractivity contribution in [1.29, 1.82) is 0 Å². The molecule has 1 aliphatic heterocycles. The summed E-state index contributed by atoms with van der Waals surface area (Å²) in [4.78, 5) is 26.2. The predicted molar refractivity (Wildman–Crippen MR) is 88.9 cm³/mol. The Hall–Kier alpha value is -2.04. The highest BCUT2D eigenvalue weighted by molar-refractivity contribution is 5.86. The minimum atomic E-state index is -0.430. The number of amides is 2. The van der Waals surface area contributed by atoms with E-state index < -0.39 is 6.04 Å². The molecule has 2 rings (SSSR count). The number of nitrogens with zero attached hydrogens (tertiary/aromatic N) is 1. The summed E-state index contributed by atoms with van der Waals surface area (Å²) < 4.78 is 5.26. The first-order valence-electron chi connectivity index (χ1n) is 8.27. The topological polar surface area (TPSA) is 58.6 Å². The molecule has 0 saturated carbocycles. The average molecular weight is 318 g/mol. The Labute approximate surface area is 138 Å². The molecule has 1 aromatic carbocycles. The quantitative estimate of drug-likeness (QED) is 0.907. The highest BCUT2D eigenvalue weighted by Crippen LogP contribution is 2.20. The van der Waals surface area contributed by atoms with Crippen LogP contribution in [0.2, 0.25) is 0 Å². The molecule has 0 bridgehead atoms. The second kappa shape index (κ2) is 7.99. The number of carbonyl (C=O) groups excluding carboxylic acids is 2. The zero-order valence-corrected chi connectivity index (χ0v) is 14.1. The molecule has 0 aromatic heterocycles. The van der Waals surface area contributed by atoms with Gasteiger partial charge in [0.1, 0.15) is 6.04 Å². The number of hydrogen-bond donors (Lipinski definition) is 1. The van der Waals surface area contributed by atoms with Gasteiger partial charge in [-0.15, -0.1) is 0 Å². The van der Waals surface area contributed by atoms with Gasteiger partial charge < -0.3 is 10.1 Å². The summed E-state index contributed by atoms with van der Waals surface area (Å²) in [6.07, 6.45) is 1.13. The summed E-state index contributed by atoms with van der Waals surface area (Å²) in [5, 5.41) is 3.00. The molecule has 0 unspecified atom stereocenters. The van der Waals surface area contributed by atoms with Crippen LogP contribution in [-0.4, -0.2) is 36.1 Å². The highest BCUT2D eigenvalue weighted by atomic mass is 16.6. The smallest absolute Gasteiger partial charge is 0.410 e. The number of rotatable bonds is 5. The van der Waals surface area contributed by atoms with Crippen LogP contribution in [0, 0.1) is 5.92 Å². The zero-order valence-electron chi connectivity index (χ0n) is 14.1. The van der Waals surface area contributed by atoms with Gasteiger partial charge in [-0.1, -0.05) is 44.2 Å². The monoisotopic (exact) mass is 318 g/mol. The number of benzene rings is 1. The molecule has 0 radical (unpaired) electrons. The first-order valence-corrected chi connectivity index (χ1v) is 8.27. The lowest BCUT2D eigenvalue weighted by Crippen LogP contribution is -2.46. The van der Waals surface area contributed by atoms with Crippen LogP contribution in [0.25, 0.3) is 0 Å². The van der Waals surface area contributed by atoms with E-state index in [1.807, 2.05) is 51.1 Å². The lowest BCUT2D eigenvalue weighted by Gasteiger charge is -2.25. The van der Waals surface area contributed by atoms with E-state index in [9.17, 15) is 9.59 Å². The van der Waals surface area contributed by atoms with E-state index >= 15 is 0 Å². The molecule has 0 aliphatic carbocycles. The fourth-order valence-corrected chi connectivity index (χ4v) is 2.71. The highest BCUT2D eigenvalue weighted by Gasteiger charge is 2.35. The third-order valence-electron chi connectivity index (χ3n) is 3.99. The maximum absolute atomic E-state index is 12.5. The van der Waals surface area contributed by atoms with Crippen LogP contribution in [0.15, 0.2) is 30.3 Å². The van der Waals surface area contributed by atoms with Gasteiger partial charge in [0, 0.05) is 6.54 Å². The fourth-order valence-electron chi connectivity index (χ4n) is 2.71. The Kier molecular flexibility index (Phi) is 6.02. The predicted octanol–water partition coefficient (Wildman–Crippen LogP) is 3.12. The van der Waals surface area contributed by atoms with Gasteiger partial charge in [0.2, 0.25) is 5.91 Å². The SMILES string of the molecule is CC(C)COC(=O)N1CCC[C@H]1C(=O)N[C@H](C)c1ccccc1. The van der Waals surface area contributed by atoms with Crippen LogP contribution >= 0.6 is 0 Å². The maximum Gasteiger partial charge on any atom is 0.410 e. The molecule has 1 aliphatic rings. The Morgan fingerprint density at radius 2 is 1.96 bits per heavy atom. The molecular weight excluding hydrogens is 292 g/mol. The summed E-state index contributed by atoms with van der Waals surface area (Å²) in [7, 11) is 0. The fraction of sp³-hybridized carbons (Fsp3) is 0.556. The van der Waals surface area contributed by atoms with E-state index in [0.29, 0.717) is 19.6 Å². The molecule has 1 saturated heterocycles. The lowest BCUT2D eigenvalue weighted by atomic mass is 10.1. The summed E-state index contributed by atoms with van der Waals surface area (Å²) >= 11 is 0. The molecule has 23 heavy (non-hydrogen) atoms. The summed E-state index contributed by atoms with van der Waals surface area (Å²) in [5.74, 6) is 0.173. The van der Waals surface area contributed by atoms with Gasteiger partial charge in [0.05, 0.1) is 12.6 Å². The second-order valence-electron chi connectivity index (χ2n) is 6.46. The molecule has 126 valence electrons. The molecule has 0 spiro atoms. The molecule has 5 nitrogen and oxygen atoms in total. The van der Waals surface area contributed by atoms with Crippen LogP contribution in [-0.2, 0) is 9.53 Å². The van der Waals surface area contributed by atoms with Crippen molar-refractivity contribution in [3.8, 4) is 0 Å². The number of hydrogen-bond acceptors (Lipinski definition) is 3. The molecule has 2 atom stereocenters. The Bertz CT molecular complexity index is 530. The molecule has 1 N–H and O–H groups in total. The van der Waals surface area contributed by atoms with Gasteiger partial charge >= 0.3 is 6.09 Å². The molecule has 1 aromatic rings. The van der Waals surface area contributed by atoms with Crippen molar-refractivity contribution < 1.29 is 14.3 Å². The summed E-state index contributed by atoms with van der Waals surface area (Å²) in [6, 6.07) is 9.29. The average Bonchev–Trinajstić information content (AvgIpc) is 3.03. The first-order chi connectivity index (χ1) is 11.0. The number of likely N-dealkylation sites (tertiary alicyclic amines) is 1. The van der Waals surface area contributed by atoms with E-state index in [2.05, 4.69) is 5.32 Å². The van der Waals surface area contributed by atoms with Gasteiger partial charge in [-0.2, -0.15) is 0 Å².